The molecule has 0 saturated heterocycles. The Balaban J connectivity index is 3.17. The molecule has 54 valence electrons. The Morgan fingerprint density at radius 2 is 2.44 bits per heavy atom. The van der Waals surface area contributed by atoms with E-state index in [4.69, 9.17) is 11.1 Å². The molecule has 0 heterocycles. The zero-order valence-corrected chi connectivity index (χ0v) is 6.59. The fourth-order valence-corrected chi connectivity index (χ4v) is 0.861. The zero-order chi connectivity index (χ0) is 7.28. The summed E-state index contributed by atoms with van der Waals surface area (Å²) in [4.78, 5) is 0. The van der Waals surface area contributed by atoms with Crippen molar-refractivity contribution in [3.8, 4) is 0 Å². The molecule has 0 rings (SSSR count). The summed E-state index contributed by atoms with van der Waals surface area (Å²) in [6.45, 7) is 1.93. The first-order valence-electron chi connectivity index (χ1n) is 2.81. The highest BCUT2D eigenvalue weighted by molar-refractivity contribution is 8.13. The summed E-state index contributed by atoms with van der Waals surface area (Å²) in [5.41, 5.74) is 5.45. The van der Waals surface area contributed by atoms with Crippen LogP contribution in [0.2, 0.25) is 0 Å². The van der Waals surface area contributed by atoms with Gasteiger partial charge in [-0.1, -0.05) is 11.8 Å². The first-order chi connectivity index (χ1) is 4.16. The standard InChI is InChI=1S/C5H13N3S/c1-4(6)3-9-5(7)8-2/h4H,3,6H2,1-2H3,(H2,7,8). The number of amidine groups is 1. The van der Waals surface area contributed by atoms with Crippen molar-refractivity contribution in [1.29, 1.82) is 5.41 Å². The Kier molecular flexibility index (Phi) is 4.53. The summed E-state index contributed by atoms with van der Waals surface area (Å²) >= 11 is 1.43. The van der Waals surface area contributed by atoms with Crippen LogP contribution in [-0.2, 0) is 0 Å². The highest BCUT2D eigenvalue weighted by Crippen LogP contribution is 1.99. The maximum absolute atomic E-state index is 7.13. The molecule has 1 atom stereocenters. The average Bonchev–Trinajstić information content (AvgIpc) is 1.83. The van der Waals surface area contributed by atoms with Gasteiger partial charge in [-0.2, -0.15) is 0 Å². The minimum absolute atomic E-state index is 0.170. The van der Waals surface area contributed by atoms with Crippen LogP contribution in [0.3, 0.4) is 0 Å². The summed E-state index contributed by atoms with van der Waals surface area (Å²) < 4.78 is 0. The molecule has 0 aromatic heterocycles. The van der Waals surface area contributed by atoms with Gasteiger partial charge in [0.2, 0.25) is 0 Å². The van der Waals surface area contributed by atoms with Gasteiger partial charge in [0.15, 0.2) is 5.17 Å². The molecule has 0 aromatic carbocycles. The molecule has 0 bridgehead atoms. The monoisotopic (exact) mass is 147 g/mol. The van der Waals surface area contributed by atoms with Crippen LogP contribution in [0.15, 0.2) is 0 Å². The van der Waals surface area contributed by atoms with Crippen LogP contribution >= 0.6 is 11.8 Å². The van der Waals surface area contributed by atoms with Gasteiger partial charge in [-0.15, -0.1) is 0 Å². The van der Waals surface area contributed by atoms with Crippen molar-refractivity contribution in [3.63, 3.8) is 0 Å². The van der Waals surface area contributed by atoms with Gasteiger partial charge in [0.25, 0.3) is 0 Å². The van der Waals surface area contributed by atoms with Crippen molar-refractivity contribution in [2.24, 2.45) is 5.73 Å². The molecule has 0 aliphatic carbocycles. The van der Waals surface area contributed by atoms with Crippen LogP contribution in [0.25, 0.3) is 0 Å². The Morgan fingerprint density at radius 3 is 2.78 bits per heavy atom. The second kappa shape index (κ2) is 4.64. The van der Waals surface area contributed by atoms with Crippen molar-refractivity contribution < 1.29 is 0 Å². The van der Waals surface area contributed by atoms with Crippen LogP contribution in [0.1, 0.15) is 6.92 Å². The molecule has 0 fully saturated rings. The maximum Gasteiger partial charge on any atom is 0.153 e. The van der Waals surface area contributed by atoms with Crippen molar-refractivity contribution in [2.75, 3.05) is 12.8 Å². The van der Waals surface area contributed by atoms with E-state index in [0.717, 1.165) is 5.75 Å². The summed E-state index contributed by atoms with van der Waals surface area (Å²) in [6.07, 6.45) is 0. The van der Waals surface area contributed by atoms with E-state index in [0.29, 0.717) is 5.17 Å². The number of hydrogen-bond acceptors (Lipinski definition) is 3. The van der Waals surface area contributed by atoms with Crippen molar-refractivity contribution in [2.45, 2.75) is 13.0 Å². The van der Waals surface area contributed by atoms with E-state index in [9.17, 15) is 0 Å². The lowest BCUT2D eigenvalue weighted by Crippen LogP contribution is -2.21. The number of thioether (sulfide) groups is 1. The second-order valence-electron chi connectivity index (χ2n) is 1.87. The molecule has 0 aromatic rings. The van der Waals surface area contributed by atoms with Crippen LogP contribution in [0, 0.1) is 5.41 Å². The van der Waals surface area contributed by atoms with E-state index in [2.05, 4.69) is 5.32 Å². The van der Waals surface area contributed by atoms with Crippen LogP contribution < -0.4 is 11.1 Å². The first-order valence-corrected chi connectivity index (χ1v) is 3.80. The maximum atomic E-state index is 7.13. The molecule has 0 spiro atoms. The van der Waals surface area contributed by atoms with Gasteiger partial charge in [-0.25, -0.2) is 0 Å². The molecule has 1 unspecified atom stereocenters. The molecule has 4 N–H and O–H groups in total. The number of nitrogens with two attached hydrogens (primary N) is 1. The predicted octanol–water partition coefficient (Wildman–Crippen LogP) is 0.221. The third-order valence-electron chi connectivity index (χ3n) is 0.718. The molecule has 0 radical (unpaired) electrons. The topological polar surface area (TPSA) is 61.9 Å². The van der Waals surface area contributed by atoms with E-state index >= 15 is 0 Å². The molecular formula is C5H13N3S. The highest BCUT2D eigenvalue weighted by atomic mass is 32.2. The van der Waals surface area contributed by atoms with E-state index < -0.39 is 0 Å². The molecule has 0 aliphatic heterocycles. The summed E-state index contributed by atoms with van der Waals surface area (Å²) in [5, 5.41) is 10.3. The molecule has 0 aliphatic rings. The van der Waals surface area contributed by atoms with E-state index in [1.165, 1.54) is 11.8 Å². The molecule has 0 saturated carbocycles. The quantitative estimate of drug-likeness (QED) is 0.387. The lowest BCUT2D eigenvalue weighted by Gasteiger charge is -2.03. The van der Waals surface area contributed by atoms with Gasteiger partial charge < -0.3 is 11.1 Å². The van der Waals surface area contributed by atoms with Crippen LogP contribution in [-0.4, -0.2) is 24.0 Å². The summed E-state index contributed by atoms with van der Waals surface area (Å²) in [5.74, 6) is 0.805. The SMILES string of the molecule is CNC(=N)SCC(C)N. The number of rotatable bonds is 2. The minimum atomic E-state index is 0.170. The fourth-order valence-electron chi connectivity index (χ4n) is 0.287. The summed E-state index contributed by atoms with van der Waals surface area (Å²) in [7, 11) is 1.73. The number of hydrogen-bond donors (Lipinski definition) is 3. The lowest BCUT2D eigenvalue weighted by molar-refractivity contribution is 0.849. The Hall–Kier alpha value is -0.220. The minimum Gasteiger partial charge on any atom is -0.368 e. The third-order valence-corrected chi connectivity index (χ3v) is 1.90. The van der Waals surface area contributed by atoms with Gasteiger partial charge in [-0.05, 0) is 6.92 Å². The van der Waals surface area contributed by atoms with Crippen molar-refractivity contribution in [1.82, 2.24) is 5.32 Å². The predicted molar refractivity (Wildman–Crippen MR) is 42.9 cm³/mol. The molecule has 3 nitrogen and oxygen atoms in total. The van der Waals surface area contributed by atoms with Gasteiger partial charge in [0, 0.05) is 18.8 Å². The van der Waals surface area contributed by atoms with E-state index in [1.54, 1.807) is 7.05 Å². The molecule has 9 heavy (non-hydrogen) atoms. The fraction of sp³-hybridized carbons (Fsp3) is 0.800. The summed E-state index contributed by atoms with van der Waals surface area (Å²) in [6, 6.07) is 0.170. The number of nitrogens with one attached hydrogen (secondary N) is 2. The smallest absolute Gasteiger partial charge is 0.153 e. The largest absolute Gasteiger partial charge is 0.368 e. The lowest BCUT2D eigenvalue weighted by atomic mass is 10.4. The molecule has 4 heteroatoms. The molecular weight excluding hydrogens is 134 g/mol. The van der Waals surface area contributed by atoms with Crippen molar-refractivity contribution >= 4 is 16.9 Å². The van der Waals surface area contributed by atoms with E-state index in [1.807, 2.05) is 6.92 Å². The van der Waals surface area contributed by atoms with Gasteiger partial charge in [-0.3, -0.25) is 5.41 Å². The van der Waals surface area contributed by atoms with E-state index in [-0.39, 0.29) is 6.04 Å². The normalized spacial score (nSPS) is 12.8. The Morgan fingerprint density at radius 1 is 1.89 bits per heavy atom. The van der Waals surface area contributed by atoms with Gasteiger partial charge in [0.05, 0.1) is 0 Å². The first kappa shape index (κ1) is 8.78. The van der Waals surface area contributed by atoms with Crippen molar-refractivity contribution in [3.05, 3.63) is 0 Å². The Labute approximate surface area is 59.9 Å². The van der Waals surface area contributed by atoms with Crippen LogP contribution in [0.5, 0.6) is 0 Å². The van der Waals surface area contributed by atoms with Gasteiger partial charge in [0.1, 0.15) is 0 Å². The Bertz CT molecular complexity index is 92.2. The zero-order valence-electron chi connectivity index (χ0n) is 5.77. The average molecular weight is 147 g/mol. The van der Waals surface area contributed by atoms with Crippen LogP contribution in [0.4, 0.5) is 0 Å². The second-order valence-corrected chi connectivity index (χ2v) is 2.90. The third kappa shape index (κ3) is 5.65. The highest BCUT2D eigenvalue weighted by Gasteiger charge is 1.96. The van der Waals surface area contributed by atoms with Gasteiger partial charge >= 0.3 is 0 Å². The molecule has 0 amide bonds.